The summed E-state index contributed by atoms with van der Waals surface area (Å²) in [7, 11) is 0. The van der Waals surface area contributed by atoms with Crippen LogP contribution >= 0.6 is 0 Å². The highest BCUT2D eigenvalue weighted by molar-refractivity contribution is 5.97. The number of carbonyl (C=O) groups is 2. The van der Waals surface area contributed by atoms with Gasteiger partial charge in [0, 0.05) is 30.0 Å². The van der Waals surface area contributed by atoms with Gasteiger partial charge in [0.15, 0.2) is 12.1 Å². The average Bonchev–Trinajstić information content (AvgIpc) is 3.01. The maximum absolute atomic E-state index is 13.6. The molecule has 2 bridgehead atoms. The van der Waals surface area contributed by atoms with Crippen LogP contribution in [0.2, 0.25) is 0 Å². The van der Waals surface area contributed by atoms with Gasteiger partial charge in [0.25, 0.3) is 0 Å². The van der Waals surface area contributed by atoms with Crippen LogP contribution in [0.15, 0.2) is 109 Å². The molecule has 0 spiro atoms. The molecule has 2 unspecified atom stereocenters. The average molecular weight is 550 g/mol. The van der Waals surface area contributed by atoms with Gasteiger partial charge in [-0.25, -0.2) is 9.18 Å². The third-order valence-electron chi connectivity index (χ3n) is 8.63. The molecule has 5 nitrogen and oxygen atoms in total. The van der Waals surface area contributed by atoms with E-state index in [-0.39, 0.29) is 23.7 Å². The fraction of sp³-hybridized carbons (Fsp3) is 0.257. The van der Waals surface area contributed by atoms with Crippen LogP contribution in [0.1, 0.15) is 34.8 Å². The predicted molar refractivity (Wildman–Crippen MR) is 158 cm³/mol. The number of ketones is 1. The molecule has 3 aliphatic heterocycles. The van der Waals surface area contributed by atoms with E-state index in [2.05, 4.69) is 5.32 Å². The lowest BCUT2D eigenvalue weighted by molar-refractivity contribution is -0.938. The fourth-order valence-electron chi connectivity index (χ4n) is 6.31. The topological polar surface area (TPSA) is 55.4 Å². The van der Waals surface area contributed by atoms with Crippen molar-refractivity contribution >= 4 is 17.4 Å². The Morgan fingerprint density at radius 3 is 2.02 bits per heavy atom. The number of nitrogens with one attached hydrogen (secondary N) is 1. The highest BCUT2D eigenvalue weighted by atomic mass is 19.1. The molecule has 208 valence electrons. The van der Waals surface area contributed by atoms with Crippen LogP contribution in [0.5, 0.6) is 0 Å². The van der Waals surface area contributed by atoms with Gasteiger partial charge in [0.05, 0.1) is 13.1 Å². The molecule has 4 aromatic rings. The van der Waals surface area contributed by atoms with E-state index < -0.39 is 6.04 Å². The van der Waals surface area contributed by atoms with E-state index in [1.165, 1.54) is 12.1 Å². The molecule has 0 saturated carbocycles. The maximum Gasteiger partial charge on any atom is 0.333 e. The lowest BCUT2D eigenvalue weighted by atomic mass is 9.82. The number of esters is 1. The van der Waals surface area contributed by atoms with Crippen LogP contribution in [-0.2, 0) is 9.53 Å². The molecule has 3 saturated heterocycles. The molecule has 1 N–H and O–H groups in total. The zero-order valence-electron chi connectivity index (χ0n) is 22.9. The second-order valence-electron chi connectivity index (χ2n) is 11.3. The van der Waals surface area contributed by atoms with Gasteiger partial charge in [-0.05, 0) is 41.0 Å². The number of fused-ring (bicyclic) bond motifs is 3. The highest BCUT2D eigenvalue weighted by Crippen LogP contribution is 2.37. The van der Waals surface area contributed by atoms with Gasteiger partial charge in [-0.1, -0.05) is 84.9 Å². The van der Waals surface area contributed by atoms with Crippen molar-refractivity contribution in [3.63, 3.8) is 0 Å². The quantitative estimate of drug-likeness (QED) is 0.144. The van der Waals surface area contributed by atoms with Crippen molar-refractivity contribution in [3.05, 3.63) is 126 Å². The summed E-state index contributed by atoms with van der Waals surface area (Å²) in [6, 6.07) is 32.6. The first kappa shape index (κ1) is 26.9. The van der Waals surface area contributed by atoms with Gasteiger partial charge in [-0.3, -0.25) is 4.79 Å². The number of benzene rings is 4. The minimum absolute atomic E-state index is 0.0917. The molecule has 0 amide bonds. The summed E-state index contributed by atoms with van der Waals surface area (Å²) in [5.74, 6) is -0.155. The van der Waals surface area contributed by atoms with Crippen molar-refractivity contribution in [1.82, 2.24) is 0 Å². The van der Waals surface area contributed by atoms with E-state index in [1.54, 1.807) is 12.1 Å². The molecule has 3 aliphatic rings. The molecule has 3 fully saturated rings. The first-order valence-corrected chi connectivity index (χ1v) is 14.3. The Balaban J connectivity index is 1.14. The Morgan fingerprint density at radius 2 is 1.39 bits per heavy atom. The van der Waals surface area contributed by atoms with Crippen molar-refractivity contribution in [2.24, 2.45) is 5.92 Å². The summed E-state index contributed by atoms with van der Waals surface area (Å²) in [5, 5.41) is 3.36. The second kappa shape index (κ2) is 11.7. The Morgan fingerprint density at radius 1 is 0.805 bits per heavy atom. The molecule has 4 aromatic carbocycles. The monoisotopic (exact) mass is 549 g/mol. The molecule has 0 aliphatic carbocycles. The minimum Gasteiger partial charge on any atom is -0.454 e. The van der Waals surface area contributed by atoms with E-state index in [4.69, 9.17) is 4.74 Å². The third kappa shape index (κ3) is 6.08. The Labute approximate surface area is 240 Å². The second-order valence-corrected chi connectivity index (χ2v) is 11.3. The van der Waals surface area contributed by atoms with Crippen molar-refractivity contribution < 1.29 is 23.2 Å². The van der Waals surface area contributed by atoms with E-state index in [1.807, 2.05) is 84.9 Å². The molecule has 3 heterocycles. The fourth-order valence-corrected chi connectivity index (χ4v) is 6.31. The molecule has 0 radical (unpaired) electrons. The van der Waals surface area contributed by atoms with Crippen LogP contribution in [0.3, 0.4) is 0 Å². The minimum atomic E-state index is -0.622. The summed E-state index contributed by atoms with van der Waals surface area (Å²) in [6.45, 7) is 2.88. The number of quaternary nitrogens is 1. The zero-order chi connectivity index (χ0) is 28.2. The largest absolute Gasteiger partial charge is 0.454 e. The number of nitrogens with zero attached hydrogens (tertiary/aromatic N) is 1. The van der Waals surface area contributed by atoms with Gasteiger partial charge in [0.2, 0.25) is 5.78 Å². The molecular weight excluding hydrogens is 515 g/mol. The lowest BCUT2D eigenvalue weighted by Crippen LogP contribution is -2.65. The molecule has 2 atom stereocenters. The molecule has 0 aromatic heterocycles. The van der Waals surface area contributed by atoms with E-state index >= 15 is 0 Å². The summed E-state index contributed by atoms with van der Waals surface area (Å²) in [5.41, 5.74) is 4.22. The van der Waals surface area contributed by atoms with Crippen LogP contribution in [0, 0.1) is 11.7 Å². The first-order chi connectivity index (χ1) is 20.0. The number of hydrogen-bond donors (Lipinski definition) is 1. The Kier molecular flexibility index (Phi) is 7.66. The number of anilines is 1. The Bertz CT molecular complexity index is 1480. The van der Waals surface area contributed by atoms with E-state index in [0.717, 1.165) is 48.3 Å². The van der Waals surface area contributed by atoms with Gasteiger partial charge < -0.3 is 14.5 Å². The number of piperidine rings is 3. The number of carbonyl (C=O) groups excluding carboxylic acids is 2. The normalized spacial score (nSPS) is 22.1. The van der Waals surface area contributed by atoms with Crippen molar-refractivity contribution in [1.29, 1.82) is 0 Å². The standard InChI is InChI=1S/C35H34FN2O3/c36-30-17-15-26(16-18-30)25-11-13-27(14-12-25)32(39)23-38-21-19-28(20-22-38)33(24-38)41-35(40)34(29-7-3-1-4-8-29)37-31-9-5-2-6-10-31/h1-18,28,33-34,37H,19-24H2/q+1. The number of halogens is 1. The summed E-state index contributed by atoms with van der Waals surface area (Å²) < 4.78 is 20.2. The number of hydrogen-bond acceptors (Lipinski definition) is 4. The highest BCUT2D eigenvalue weighted by Gasteiger charge is 2.49. The van der Waals surface area contributed by atoms with Gasteiger partial charge >= 0.3 is 5.97 Å². The van der Waals surface area contributed by atoms with Crippen LogP contribution < -0.4 is 5.32 Å². The Hall–Kier alpha value is -4.29. The number of para-hydroxylation sites is 1. The SMILES string of the molecule is O=C(C[N+]12CCC(CC1)C(OC(=O)C(Nc1ccccc1)c1ccccc1)C2)c1ccc(-c2ccc(F)cc2)cc1. The zero-order valence-corrected chi connectivity index (χ0v) is 22.9. The van der Waals surface area contributed by atoms with Gasteiger partial charge in [-0.15, -0.1) is 0 Å². The van der Waals surface area contributed by atoms with E-state index in [0.29, 0.717) is 29.1 Å². The number of Topliss-reactive ketones (excluding diaryl/α,β-unsaturated/α-hetero) is 1. The smallest absolute Gasteiger partial charge is 0.333 e. The predicted octanol–water partition coefficient (Wildman–Crippen LogP) is 6.68. The number of ether oxygens (including phenoxy) is 1. The molecule has 41 heavy (non-hydrogen) atoms. The summed E-state index contributed by atoms with van der Waals surface area (Å²) >= 11 is 0. The molecule has 7 rings (SSSR count). The van der Waals surface area contributed by atoms with Crippen molar-refractivity contribution in [2.75, 3.05) is 31.5 Å². The van der Waals surface area contributed by atoms with Crippen molar-refractivity contribution in [3.8, 4) is 11.1 Å². The van der Waals surface area contributed by atoms with Crippen LogP contribution in [-0.4, -0.2) is 48.5 Å². The van der Waals surface area contributed by atoms with Crippen LogP contribution in [0.4, 0.5) is 10.1 Å². The summed E-state index contributed by atoms with van der Waals surface area (Å²) in [4.78, 5) is 27.1. The lowest BCUT2D eigenvalue weighted by Gasteiger charge is -2.51. The van der Waals surface area contributed by atoms with Gasteiger partial charge in [-0.2, -0.15) is 0 Å². The van der Waals surface area contributed by atoms with Crippen molar-refractivity contribution in [2.45, 2.75) is 25.0 Å². The summed E-state index contributed by atoms with van der Waals surface area (Å²) in [6.07, 6.45) is 1.66. The van der Waals surface area contributed by atoms with Gasteiger partial charge in [0.1, 0.15) is 18.9 Å². The number of rotatable bonds is 9. The molecule has 6 heteroatoms. The van der Waals surface area contributed by atoms with Crippen LogP contribution in [0.25, 0.3) is 11.1 Å². The van der Waals surface area contributed by atoms with E-state index in [9.17, 15) is 14.0 Å². The molecular formula is C35H34FN2O3+. The third-order valence-corrected chi connectivity index (χ3v) is 8.63. The maximum atomic E-state index is 13.6. The first-order valence-electron chi connectivity index (χ1n) is 14.3.